The van der Waals surface area contributed by atoms with Gasteiger partial charge in [-0.1, -0.05) is 5.16 Å². The van der Waals surface area contributed by atoms with Crippen LogP contribution in [0.15, 0.2) is 22.9 Å². The smallest absolute Gasteiger partial charge is 0.276 e. The fourth-order valence-electron chi connectivity index (χ4n) is 2.30. The summed E-state index contributed by atoms with van der Waals surface area (Å²) in [5.41, 5.74) is 6.90. The van der Waals surface area contributed by atoms with Crippen LogP contribution in [0.5, 0.6) is 0 Å². The molecule has 1 aliphatic heterocycles. The summed E-state index contributed by atoms with van der Waals surface area (Å²) in [5.74, 6) is 1.65. The van der Waals surface area contributed by atoms with Gasteiger partial charge in [-0.25, -0.2) is 4.98 Å². The summed E-state index contributed by atoms with van der Waals surface area (Å²) in [6.07, 6.45) is 3.74. The zero-order valence-corrected chi connectivity index (χ0v) is 10.9. The number of aromatic nitrogens is 3. The first-order valence-electron chi connectivity index (χ1n) is 6.46. The van der Waals surface area contributed by atoms with Crippen molar-refractivity contribution in [2.45, 2.75) is 18.8 Å². The molecule has 0 aliphatic carbocycles. The molecule has 0 radical (unpaired) electrons. The van der Waals surface area contributed by atoms with Crippen molar-refractivity contribution in [3.8, 4) is 11.6 Å². The van der Waals surface area contributed by atoms with E-state index in [-0.39, 0.29) is 0 Å². The van der Waals surface area contributed by atoms with Gasteiger partial charge in [0.2, 0.25) is 0 Å². The minimum absolute atomic E-state index is 0.391. The standard InChI is InChI=1S/C13H17N5O/c1-18-6-4-9(5-7-18)12-16-13(19-17-12)11-3-2-10(14)8-15-11/h2-3,8-9H,4-7,14H2,1H3. The van der Waals surface area contributed by atoms with Crippen LogP contribution in [0.1, 0.15) is 24.6 Å². The van der Waals surface area contributed by atoms with E-state index in [1.807, 2.05) is 0 Å². The summed E-state index contributed by atoms with van der Waals surface area (Å²) in [6, 6.07) is 3.57. The Balaban J connectivity index is 1.77. The van der Waals surface area contributed by atoms with E-state index in [0.29, 0.717) is 23.2 Å². The normalized spacial score (nSPS) is 17.7. The summed E-state index contributed by atoms with van der Waals surface area (Å²) in [5, 5.41) is 4.09. The quantitative estimate of drug-likeness (QED) is 0.880. The highest BCUT2D eigenvalue weighted by molar-refractivity contribution is 5.50. The number of rotatable bonds is 2. The first kappa shape index (κ1) is 12.1. The molecule has 1 aliphatic rings. The van der Waals surface area contributed by atoms with Crippen LogP contribution < -0.4 is 5.73 Å². The topological polar surface area (TPSA) is 81.1 Å². The summed E-state index contributed by atoms with van der Waals surface area (Å²) >= 11 is 0. The van der Waals surface area contributed by atoms with Gasteiger partial charge in [0.1, 0.15) is 5.69 Å². The van der Waals surface area contributed by atoms with Gasteiger partial charge in [-0.15, -0.1) is 0 Å². The Bertz CT molecular complexity index is 542. The molecule has 2 N–H and O–H groups in total. The van der Waals surface area contributed by atoms with Crippen molar-refractivity contribution in [3.63, 3.8) is 0 Å². The third kappa shape index (κ3) is 2.58. The van der Waals surface area contributed by atoms with Gasteiger partial charge in [-0.3, -0.25) is 0 Å². The molecular weight excluding hydrogens is 242 g/mol. The van der Waals surface area contributed by atoms with Crippen molar-refractivity contribution in [2.75, 3.05) is 25.9 Å². The number of likely N-dealkylation sites (tertiary alicyclic amines) is 1. The second-order valence-electron chi connectivity index (χ2n) is 5.01. The zero-order chi connectivity index (χ0) is 13.2. The Kier molecular flexibility index (Phi) is 3.16. The van der Waals surface area contributed by atoms with E-state index in [2.05, 4.69) is 27.1 Å². The van der Waals surface area contributed by atoms with Crippen molar-refractivity contribution in [1.29, 1.82) is 0 Å². The lowest BCUT2D eigenvalue weighted by molar-refractivity contribution is 0.248. The third-order valence-corrected chi connectivity index (χ3v) is 3.53. The lowest BCUT2D eigenvalue weighted by atomic mass is 9.97. The maximum Gasteiger partial charge on any atom is 0.276 e. The highest BCUT2D eigenvalue weighted by Gasteiger charge is 2.23. The summed E-state index contributed by atoms with van der Waals surface area (Å²) in [6.45, 7) is 2.16. The van der Waals surface area contributed by atoms with Crippen molar-refractivity contribution < 1.29 is 4.52 Å². The monoisotopic (exact) mass is 259 g/mol. The highest BCUT2D eigenvalue weighted by Crippen LogP contribution is 2.26. The van der Waals surface area contributed by atoms with Crippen molar-refractivity contribution in [3.05, 3.63) is 24.2 Å². The SMILES string of the molecule is CN1CCC(c2noc(-c3ccc(N)cn3)n2)CC1. The molecule has 2 aromatic rings. The fourth-order valence-corrected chi connectivity index (χ4v) is 2.30. The summed E-state index contributed by atoms with van der Waals surface area (Å²) < 4.78 is 5.29. The van der Waals surface area contributed by atoms with E-state index in [1.165, 1.54) is 0 Å². The summed E-state index contributed by atoms with van der Waals surface area (Å²) in [7, 11) is 2.14. The van der Waals surface area contributed by atoms with Crippen LogP contribution in [0.4, 0.5) is 5.69 Å². The second kappa shape index (κ2) is 4.97. The van der Waals surface area contributed by atoms with Crippen LogP contribution >= 0.6 is 0 Å². The minimum Gasteiger partial charge on any atom is -0.397 e. The number of nitrogen functional groups attached to an aromatic ring is 1. The number of pyridine rings is 1. The average Bonchev–Trinajstić information content (AvgIpc) is 2.90. The fraction of sp³-hybridized carbons (Fsp3) is 0.462. The first-order chi connectivity index (χ1) is 9.22. The van der Waals surface area contributed by atoms with E-state index >= 15 is 0 Å². The number of hydrogen-bond donors (Lipinski definition) is 1. The lowest BCUT2D eigenvalue weighted by Crippen LogP contribution is -2.29. The summed E-state index contributed by atoms with van der Waals surface area (Å²) in [4.78, 5) is 11.0. The van der Waals surface area contributed by atoms with Crippen molar-refractivity contribution in [2.24, 2.45) is 0 Å². The number of piperidine rings is 1. The van der Waals surface area contributed by atoms with Crippen LogP contribution in [-0.2, 0) is 0 Å². The third-order valence-electron chi connectivity index (χ3n) is 3.53. The second-order valence-corrected chi connectivity index (χ2v) is 5.01. The van der Waals surface area contributed by atoms with E-state index in [1.54, 1.807) is 18.3 Å². The molecule has 6 nitrogen and oxygen atoms in total. The molecule has 0 amide bonds. The zero-order valence-electron chi connectivity index (χ0n) is 10.9. The van der Waals surface area contributed by atoms with Gasteiger partial charge in [-0.05, 0) is 45.1 Å². The van der Waals surface area contributed by atoms with Crippen LogP contribution in [0.25, 0.3) is 11.6 Å². The van der Waals surface area contributed by atoms with Gasteiger partial charge >= 0.3 is 0 Å². The minimum atomic E-state index is 0.391. The highest BCUT2D eigenvalue weighted by atomic mass is 16.5. The van der Waals surface area contributed by atoms with Crippen LogP contribution in [0.3, 0.4) is 0 Å². The largest absolute Gasteiger partial charge is 0.397 e. The van der Waals surface area contributed by atoms with Gasteiger partial charge in [0.25, 0.3) is 5.89 Å². The van der Waals surface area contributed by atoms with E-state index in [4.69, 9.17) is 10.3 Å². The Hall–Kier alpha value is -1.95. The van der Waals surface area contributed by atoms with Gasteiger partial charge in [0, 0.05) is 5.92 Å². The van der Waals surface area contributed by atoms with Crippen LogP contribution in [-0.4, -0.2) is 40.2 Å². The lowest BCUT2D eigenvalue weighted by Gasteiger charge is -2.26. The van der Waals surface area contributed by atoms with E-state index in [9.17, 15) is 0 Å². The molecule has 0 aromatic carbocycles. The molecule has 0 atom stereocenters. The Morgan fingerprint density at radius 3 is 2.79 bits per heavy atom. The number of anilines is 1. The maximum atomic E-state index is 5.61. The predicted octanol–water partition coefficient (Wildman–Crippen LogP) is 1.52. The molecule has 100 valence electrons. The molecule has 3 rings (SSSR count). The van der Waals surface area contributed by atoms with E-state index < -0.39 is 0 Å². The molecule has 0 saturated carbocycles. The average molecular weight is 259 g/mol. The molecule has 19 heavy (non-hydrogen) atoms. The molecule has 1 fully saturated rings. The first-order valence-corrected chi connectivity index (χ1v) is 6.46. The molecular formula is C13H17N5O. The molecule has 6 heteroatoms. The Morgan fingerprint density at radius 1 is 1.32 bits per heavy atom. The molecule has 2 aromatic heterocycles. The van der Waals surface area contributed by atoms with Crippen molar-refractivity contribution >= 4 is 5.69 Å². The number of nitrogens with two attached hydrogens (primary N) is 1. The molecule has 1 saturated heterocycles. The molecule has 0 spiro atoms. The van der Waals surface area contributed by atoms with Gasteiger partial charge in [0.15, 0.2) is 5.82 Å². The Labute approximate surface area is 111 Å². The Morgan fingerprint density at radius 2 is 2.11 bits per heavy atom. The van der Waals surface area contributed by atoms with E-state index in [0.717, 1.165) is 31.8 Å². The van der Waals surface area contributed by atoms with Crippen LogP contribution in [0, 0.1) is 0 Å². The van der Waals surface area contributed by atoms with Gasteiger partial charge in [0.05, 0.1) is 11.9 Å². The maximum absolute atomic E-state index is 5.61. The molecule has 3 heterocycles. The van der Waals surface area contributed by atoms with Gasteiger partial charge in [-0.2, -0.15) is 4.98 Å². The van der Waals surface area contributed by atoms with Crippen molar-refractivity contribution in [1.82, 2.24) is 20.0 Å². The number of nitrogens with zero attached hydrogens (tertiary/aromatic N) is 4. The predicted molar refractivity (Wildman–Crippen MR) is 71.4 cm³/mol. The van der Waals surface area contributed by atoms with Crippen LogP contribution in [0.2, 0.25) is 0 Å². The number of hydrogen-bond acceptors (Lipinski definition) is 6. The molecule has 0 unspecified atom stereocenters. The van der Waals surface area contributed by atoms with Gasteiger partial charge < -0.3 is 15.2 Å². The molecule has 0 bridgehead atoms.